The molecular weight excluding hydrogens is 262 g/mol. The van der Waals surface area contributed by atoms with Crippen LogP contribution in [0, 0.1) is 12.8 Å². The van der Waals surface area contributed by atoms with Gasteiger partial charge in [0, 0.05) is 35.8 Å². The molecule has 1 unspecified atom stereocenters. The molecule has 1 atom stereocenters. The van der Waals surface area contributed by atoms with Gasteiger partial charge in [-0.25, -0.2) is 4.98 Å². The van der Waals surface area contributed by atoms with Gasteiger partial charge in [-0.3, -0.25) is 4.99 Å². The van der Waals surface area contributed by atoms with Gasteiger partial charge in [0.15, 0.2) is 5.17 Å². The van der Waals surface area contributed by atoms with Crippen molar-refractivity contribution >= 4 is 28.3 Å². The average molecular weight is 283 g/mol. The van der Waals surface area contributed by atoms with Gasteiger partial charge in [0.25, 0.3) is 0 Å². The van der Waals surface area contributed by atoms with Crippen LogP contribution in [0.3, 0.4) is 0 Å². The van der Waals surface area contributed by atoms with E-state index in [1.165, 1.54) is 11.4 Å². The Morgan fingerprint density at radius 2 is 2.39 bits per heavy atom. The van der Waals surface area contributed by atoms with Gasteiger partial charge in [0.05, 0.1) is 5.01 Å². The third kappa shape index (κ3) is 4.28. The number of amidine groups is 1. The summed E-state index contributed by atoms with van der Waals surface area (Å²) in [5.74, 6) is 1.91. The maximum Gasteiger partial charge on any atom is 0.156 e. The van der Waals surface area contributed by atoms with Gasteiger partial charge in [0.1, 0.15) is 0 Å². The normalized spacial score (nSPS) is 21.8. The van der Waals surface area contributed by atoms with E-state index in [2.05, 4.69) is 34.5 Å². The number of nitrogens with one attached hydrogen (secondary N) is 1. The van der Waals surface area contributed by atoms with Crippen molar-refractivity contribution in [1.29, 1.82) is 0 Å². The number of hydrogen-bond donors (Lipinski definition) is 1. The smallest absolute Gasteiger partial charge is 0.156 e. The second-order valence-corrected chi connectivity index (χ2v) is 7.05. The van der Waals surface area contributed by atoms with E-state index in [1.807, 2.05) is 18.7 Å². The molecule has 1 aliphatic heterocycles. The topological polar surface area (TPSA) is 37.3 Å². The molecule has 0 saturated carbocycles. The first kappa shape index (κ1) is 13.9. The van der Waals surface area contributed by atoms with Crippen LogP contribution >= 0.6 is 23.1 Å². The fraction of sp³-hybridized carbons (Fsp3) is 0.692. The molecule has 0 amide bonds. The average Bonchev–Trinajstić information content (AvgIpc) is 2.88. The number of thiazole rings is 1. The number of rotatable bonds is 5. The van der Waals surface area contributed by atoms with Crippen molar-refractivity contribution < 1.29 is 0 Å². The molecular formula is C13H21N3S2. The lowest BCUT2D eigenvalue weighted by atomic mass is 10.1. The Labute approximate surface area is 118 Å². The first-order chi connectivity index (χ1) is 8.63. The number of aliphatic imine (C=N–C) groups is 1. The molecule has 0 spiro atoms. The highest BCUT2D eigenvalue weighted by atomic mass is 32.2. The zero-order valence-electron chi connectivity index (χ0n) is 11.3. The van der Waals surface area contributed by atoms with Crippen molar-refractivity contribution in [2.75, 3.05) is 12.3 Å². The molecule has 5 heteroatoms. The second kappa shape index (κ2) is 6.57. The molecule has 0 radical (unpaired) electrons. The maximum absolute atomic E-state index is 4.62. The highest BCUT2D eigenvalue weighted by molar-refractivity contribution is 8.14. The first-order valence-corrected chi connectivity index (χ1v) is 8.35. The van der Waals surface area contributed by atoms with Gasteiger partial charge >= 0.3 is 0 Å². The molecule has 100 valence electrons. The summed E-state index contributed by atoms with van der Waals surface area (Å²) in [6, 6.07) is 0.607. The van der Waals surface area contributed by atoms with Crippen molar-refractivity contribution in [3.8, 4) is 0 Å². The predicted octanol–water partition coefficient (Wildman–Crippen LogP) is 3.10. The summed E-state index contributed by atoms with van der Waals surface area (Å²) in [6.07, 6.45) is 2.19. The molecule has 0 bridgehead atoms. The molecule has 0 aromatic carbocycles. The molecule has 3 nitrogen and oxygen atoms in total. The Hall–Kier alpha value is -0.550. The van der Waals surface area contributed by atoms with Crippen LogP contribution in [0.4, 0.5) is 0 Å². The zero-order valence-corrected chi connectivity index (χ0v) is 12.9. The molecule has 1 aromatic heterocycles. The number of aryl methyl sites for hydroxylation is 1. The molecule has 1 aliphatic rings. The Morgan fingerprint density at radius 3 is 3.06 bits per heavy atom. The summed E-state index contributed by atoms with van der Waals surface area (Å²) < 4.78 is 0. The van der Waals surface area contributed by atoms with Crippen LogP contribution in [0.15, 0.2) is 10.4 Å². The summed E-state index contributed by atoms with van der Waals surface area (Å²) in [7, 11) is 0. The van der Waals surface area contributed by atoms with Gasteiger partial charge in [-0.15, -0.1) is 11.3 Å². The van der Waals surface area contributed by atoms with Gasteiger partial charge in [-0.2, -0.15) is 0 Å². The largest absolute Gasteiger partial charge is 0.361 e. The van der Waals surface area contributed by atoms with Crippen molar-refractivity contribution in [3.63, 3.8) is 0 Å². The van der Waals surface area contributed by atoms with E-state index in [9.17, 15) is 0 Å². The summed E-state index contributed by atoms with van der Waals surface area (Å²) in [5.41, 5.74) is 1.12. The summed E-state index contributed by atoms with van der Waals surface area (Å²) in [4.78, 5) is 9.07. The lowest BCUT2D eigenvalue weighted by Crippen LogP contribution is -2.28. The van der Waals surface area contributed by atoms with Gasteiger partial charge < -0.3 is 5.32 Å². The minimum Gasteiger partial charge on any atom is -0.361 e. The van der Waals surface area contributed by atoms with Gasteiger partial charge in [-0.1, -0.05) is 25.6 Å². The van der Waals surface area contributed by atoms with Crippen molar-refractivity contribution in [3.05, 3.63) is 16.1 Å². The fourth-order valence-electron chi connectivity index (χ4n) is 2.00. The fourth-order valence-corrected chi connectivity index (χ4v) is 3.77. The van der Waals surface area contributed by atoms with E-state index in [0.717, 1.165) is 35.5 Å². The quantitative estimate of drug-likeness (QED) is 0.902. The minimum atomic E-state index is 0.607. The minimum absolute atomic E-state index is 0.607. The van der Waals surface area contributed by atoms with Crippen LogP contribution < -0.4 is 5.32 Å². The summed E-state index contributed by atoms with van der Waals surface area (Å²) in [5, 5.41) is 7.92. The molecule has 1 saturated heterocycles. The van der Waals surface area contributed by atoms with E-state index in [-0.39, 0.29) is 0 Å². The molecule has 2 heterocycles. The highest BCUT2D eigenvalue weighted by Crippen LogP contribution is 2.19. The Morgan fingerprint density at radius 1 is 1.56 bits per heavy atom. The van der Waals surface area contributed by atoms with Crippen LogP contribution in [0.1, 0.15) is 31.0 Å². The molecule has 2 rings (SSSR count). The van der Waals surface area contributed by atoms with E-state index < -0.39 is 0 Å². The SMILES string of the molecule is Cc1csc(CCN=C2NC(CC(C)C)CS2)n1. The number of hydrogen-bond acceptors (Lipinski definition) is 4. The first-order valence-electron chi connectivity index (χ1n) is 6.48. The third-order valence-corrected chi connectivity index (χ3v) is 4.87. The molecule has 1 fully saturated rings. The Bertz CT molecular complexity index is 412. The standard InChI is InChI=1S/C13H21N3S2/c1-9(2)6-11-8-18-13(16-11)14-5-4-12-15-10(3)7-17-12/h7,9,11H,4-6,8H2,1-3H3,(H,14,16). The van der Waals surface area contributed by atoms with Crippen LogP contribution in [0.5, 0.6) is 0 Å². The number of aromatic nitrogens is 1. The van der Waals surface area contributed by atoms with Crippen molar-refractivity contribution in [2.45, 2.75) is 39.7 Å². The van der Waals surface area contributed by atoms with E-state index in [1.54, 1.807) is 11.3 Å². The van der Waals surface area contributed by atoms with Gasteiger partial charge in [0.2, 0.25) is 0 Å². The van der Waals surface area contributed by atoms with Crippen LogP contribution in [0.25, 0.3) is 0 Å². The van der Waals surface area contributed by atoms with E-state index in [4.69, 9.17) is 0 Å². The lowest BCUT2D eigenvalue weighted by molar-refractivity contribution is 0.502. The Balaban J connectivity index is 1.74. The molecule has 1 N–H and O–H groups in total. The molecule has 18 heavy (non-hydrogen) atoms. The lowest BCUT2D eigenvalue weighted by Gasteiger charge is -2.11. The monoisotopic (exact) mass is 283 g/mol. The summed E-state index contributed by atoms with van der Waals surface area (Å²) in [6.45, 7) is 7.42. The number of nitrogens with zero attached hydrogens (tertiary/aromatic N) is 2. The van der Waals surface area contributed by atoms with Crippen LogP contribution in [-0.2, 0) is 6.42 Å². The second-order valence-electron chi connectivity index (χ2n) is 5.10. The highest BCUT2D eigenvalue weighted by Gasteiger charge is 2.20. The van der Waals surface area contributed by atoms with Gasteiger partial charge in [-0.05, 0) is 19.3 Å². The van der Waals surface area contributed by atoms with Crippen molar-refractivity contribution in [2.24, 2.45) is 10.9 Å². The van der Waals surface area contributed by atoms with Crippen LogP contribution in [0.2, 0.25) is 0 Å². The third-order valence-electron chi connectivity index (χ3n) is 2.75. The number of thioether (sulfide) groups is 1. The van der Waals surface area contributed by atoms with E-state index >= 15 is 0 Å². The Kier molecular flexibility index (Phi) is 5.06. The van der Waals surface area contributed by atoms with Crippen molar-refractivity contribution in [1.82, 2.24) is 10.3 Å². The molecule has 1 aromatic rings. The maximum atomic E-state index is 4.62. The molecule has 0 aliphatic carbocycles. The predicted molar refractivity (Wildman–Crippen MR) is 81.7 cm³/mol. The van der Waals surface area contributed by atoms with E-state index in [0.29, 0.717) is 6.04 Å². The van der Waals surface area contributed by atoms with Crippen LogP contribution in [-0.4, -0.2) is 28.5 Å². The summed E-state index contributed by atoms with van der Waals surface area (Å²) >= 11 is 3.59. The zero-order chi connectivity index (χ0) is 13.0.